The van der Waals surface area contributed by atoms with E-state index in [0.717, 1.165) is 12.5 Å². The maximum atomic E-state index is 10.4. The molecule has 3 nitrogen and oxygen atoms in total. The Kier molecular flexibility index (Phi) is 5.24. The molecule has 0 saturated carbocycles. The lowest BCUT2D eigenvalue weighted by atomic mass is 10.6. The second-order valence-corrected chi connectivity index (χ2v) is 3.78. The third kappa shape index (κ3) is 4.52. The lowest BCUT2D eigenvalue weighted by Crippen LogP contribution is -2.22. The van der Waals surface area contributed by atoms with Crippen molar-refractivity contribution in [1.82, 2.24) is 0 Å². The Morgan fingerprint density at radius 3 is 2.50 bits per heavy atom. The minimum Gasteiger partial charge on any atom is -0.492 e. The van der Waals surface area contributed by atoms with Crippen LogP contribution in [0.25, 0.3) is 0 Å². The average Bonchev–Trinajstić information content (AvgIpc) is 1.86. The first kappa shape index (κ1) is 9.65. The van der Waals surface area contributed by atoms with Gasteiger partial charge in [-0.1, -0.05) is 13.3 Å². The largest absolute Gasteiger partial charge is 0.492 e. The molecule has 59 valence electrons. The van der Waals surface area contributed by atoms with Gasteiger partial charge in [0.1, 0.15) is 0 Å². The minimum absolute atomic E-state index is 0.246. The van der Waals surface area contributed by atoms with Crippen molar-refractivity contribution in [2.75, 3.05) is 7.11 Å². The molecule has 10 heavy (non-hydrogen) atoms. The molecule has 4 heteroatoms. The molecular formula is C6H13O3Si. The second-order valence-electron chi connectivity index (χ2n) is 1.92. The van der Waals surface area contributed by atoms with Gasteiger partial charge < -0.3 is 8.85 Å². The van der Waals surface area contributed by atoms with Crippen LogP contribution in [0.3, 0.4) is 0 Å². The summed E-state index contributed by atoms with van der Waals surface area (Å²) in [6.45, 7) is 3.44. The van der Waals surface area contributed by atoms with E-state index in [4.69, 9.17) is 8.85 Å². The highest BCUT2D eigenvalue weighted by atomic mass is 28.3. The van der Waals surface area contributed by atoms with Crippen LogP contribution in [0.1, 0.15) is 20.3 Å². The van der Waals surface area contributed by atoms with Crippen molar-refractivity contribution < 1.29 is 13.6 Å². The van der Waals surface area contributed by atoms with Crippen LogP contribution in [0, 0.1) is 0 Å². The third-order valence-corrected chi connectivity index (χ3v) is 2.82. The molecule has 0 N–H and O–H groups in total. The molecule has 0 aliphatic rings. The molecular weight excluding hydrogens is 148 g/mol. The maximum Gasteiger partial charge on any atom is 0.459 e. The van der Waals surface area contributed by atoms with Gasteiger partial charge in [0.2, 0.25) is 0 Å². The number of carbonyl (C=O) groups is 1. The molecule has 0 atom stereocenters. The van der Waals surface area contributed by atoms with Crippen LogP contribution >= 0.6 is 0 Å². The highest BCUT2D eigenvalue weighted by molar-refractivity contribution is 6.46. The van der Waals surface area contributed by atoms with Gasteiger partial charge in [-0.25, -0.2) is 0 Å². The average molecular weight is 161 g/mol. The fourth-order valence-electron chi connectivity index (χ4n) is 0.559. The number of hydrogen-bond donors (Lipinski definition) is 0. The molecule has 0 fully saturated rings. The van der Waals surface area contributed by atoms with Crippen LogP contribution in [-0.2, 0) is 13.6 Å². The fourth-order valence-corrected chi connectivity index (χ4v) is 1.68. The van der Waals surface area contributed by atoms with Gasteiger partial charge in [-0.2, -0.15) is 0 Å². The van der Waals surface area contributed by atoms with Crippen molar-refractivity contribution in [2.45, 2.75) is 26.3 Å². The van der Waals surface area contributed by atoms with Gasteiger partial charge in [0.05, 0.1) is 0 Å². The SMILES string of the molecule is CCC[Si](OC)OC(C)=O. The van der Waals surface area contributed by atoms with E-state index in [1.165, 1.54) is 6.92 Å². The summed E-state index contributed by atoms with van der Waals surface area (Å²) in [6.07, 6.45) is 0.995. The molecule has 0 rings (SSSR count). The number of carbonyl (C=O) groups excluding carboxylic acids is 1. The predicted molar refractivity (Wildman–Crippen MR) is 39.6 cm³/mol. The number of rotatable bonds is 4. The minimum atomic E-state index is -1.28. The van der Waals surface area contributed by atoms with E-state index in [-0.39, 0.29) is 5.97 Å². The molecule has 0 aromatic heterocycles. The van der Waals surface area contributed by atoms with Crippen molar-refractivity contribution >= 4 is 15.3 Å². The van der Waals surface area contributed by atoms with Gasteiger partial charge in [-0.05, 0) is 0 Å². The Morgan fingerprint density at radius 2 is 2.20 bits per heavy atom. The first-order valence-corrected chi connectivity index (χ1v) is 4.81. The molecule has 0 spiro atoms. The topological polar surface area (TPSA) is 35.5 Å². The van der Waals surface area contributed by atoms with Crippen LogP contribution in [-0.4, -0.2) is 22.4 Å². The standard InChI is InChI=1S/C6H13O3Si/c1-4-5-10(8-3)9-6(2)7/h4-5H2,1-3H3. The van der Waals surface area contributed by atoms with Crippen LogP contribution in [0.15, 0.2) is 0 Å². The zero-order valence-electron chi connectivity index (χ0n) is 6.64. The smallest absolute Gasteiger partial charge is 0.459 e. The van der Waals surface area contributed by atoms with Crippen LogP contribution < -0.4 is 0 Å². The zero-order valence-corrected chi connectivity index (χ0v) is 7.64. The predicted octanol–water partition coefficient (Wildman–Crippen LogP) is 1.09. The van der Waals surface area contributed by atoms with E-state index in [9.17, 15) is 4.79 Å². The van der Waals surface area contributed by atoms with Gasteiger partial charge in [-0.15, -0.1) is 0 Å². The Labute approximate surface area is 63.2 Å². The molecule has 1 radical (unpaired) electrons. The zero-order chi connectivity index (χ0) is 7.98. The van der Waals surface area contributed by atoms with Gasteiger partial charge >= 0.3 is 9.28 Å². The molecule has 0 aliphatic carbocycles. The quantitative estimate of drug-likeness (QED) is 0.579. The summed E-state index contributed by atoms with van der Waals surface area (Å²) >= 11 is 0. The Hall–Kier alpha value is -0.353. The molecule has 0 aromatic carbocycles. The Balaban J connectivity index is 3.49. The van der Waals surface area contributed by atoms with E-state index in [1.807, 2.05) is 6.92 Å². The molecule has 0 unspecified atom stereocenters. The van der Waals surface area contributed by atoms with Crippen molar-refractivity contribution in [3.8, 4) is 0 Å². The molecule has 0 saturated heterocycles. The molecule has 0 amide bonds. The maximum absolute atomic E-state index is 10.4. The molecule has 0 heterocycles. The van der Waals surface area contributed by atoms with Crippen molar-refractivity contribution in [1.29, 1.82) is 0 Å². The number of hydrogen-bond acceptors (Lipinski definition) is 3. The van der Waals surface area contributed by atoms with Crippen molar-refractivity contribution in [2.24, 2.45) is 0 Å². The van der Waals surface area contributed by atoms with Crippen molar-refractivity contribution in [3.63, 3.8) is 0 Å². The summed E-state index contributed by atoms with van der Waals surface area (Å²) in [7, 11) is 0.292. The first-order chi connectivity index (χ1) is 4.70. The van der Waals surface area contributed by atoms with E-state index in [1.54, 1.807) is 7.11 Å². The first-order valence-electron chi connectivity index (χ1n) is 3.29. The second kappa shape index (κ2) is 5.43. The molecule has 0 aliphatic heterocycles. The summed E-state index contributed by atoms with van der Waals surface area (Å²) in [4.78, 5) is 10.4. The van der Waals surface area contributed by atoms with E-state index in [0.29, 0.717) is 0 Å². The molecule has 0 aromatic rings. The lowest BCUT2D eigenvalue weighted by molar-refractivity contribution is -0.133. The van der Waals surface area contributed by atoms with Gasteiger partial charge in [-0.3, -0.25) is 4.79 Å². The highest BCUT2D eigenvalue weighted by Crippen LogP contribution is 1.99. The normalized spacial score (nSPS) is 10.0. The van der Waals surface area contributed by atoms with Crippen LogP contribution in [0.5, 0.6) is 0 Å². The van der Waals surface area contributed by atoms with E-state index in [2.05, 4.69) is 0 Å². The fraction of sp³-hybridized carbons (Fsp3) is 0.833. The molecule has 0 bridgehead atoms. The van der Waals surface area contributed by atoms with Crippen LogP contribution in [0.4, 0.5) is 0 Å². The van der Waals surface area contributed by atoms with Gasteiger partial charge in [0, 0.05) is 20.1 Å². The lowest BCUT2D eigenvalue weighted by Gasteiger charge is -2.08. The summed E-state index contributed by atoms with van der Waals surface area (Å²) < 4.78 is 9.84. The summed E-state index contributed by atoms with van der Waals surface area (Å²) in [6, 6.07) is 0.862. The summed E-state index contributed by atoms with van der Waals surface area (Å²) in [5.74, 6) is -0.246. The Morgan fingerprint density at radius 1 is 1.60 bits per heavy atom. The summed E-state index contributed by atoms with van der Waals surface area (Å²) in [5.41, 5.74) is 0. The van der Waals surface area contributed by atoms with E-state index < -0.39 is 9.28 Å². The van der Waals surface area contributed by atoms with Crippen molar-refractivity contribution in [3.05, 3.63) is 0 Å². The summed E-state index contributed by atoms with van der Waals surface area (Å²) in [5, 5.41) is 0. The van der Waals surface area contributed by atoms with E-state index >= 15 is 0 Å². The highest BCUT2D eigenvalue weighted by Gasteiger charge is 2.15. The monoisotopic (exact) mass is 161 g/mol. The van der Waals surface area contributed by atoms with Gasteiger partial charge in [0.25, 0.3) is 5.97 Å². The van der Waals surface area contributed by atoms with Crippen LogP contribution in [0.2, 0.25) is 6.04 Å². The van der Waals surface area contributed by atoms with Gasteiger partial charge in [0.15, 0.2) is 0 Å². The third-order valence-electron chi connectivity index (χ3n) is 0.939. The Bertz CT molecular complexity index is 105.